The number of nitrogens with one attached hydrogen (secondary N) is 2. The number of nitrogens with zero attached hydrogens (tertiary/aromatic N) is 1. The van der Waals surface area contributed by atoms with Crippen LogP contribution in [0.1, 0.15) is 16.2 Å². The highest BCUT2D eigenvalue weighted by atomic mass is 16.5. The molecule has 1 saturated heterocycles. The molecule has 7 heteroatoms. The standard InChI is InChI=1S/C23H24N4O3/c24-17-1-3-19-15(11-17)13-21(25-19)23(28)22-14-16-12-18(2-4-20(16)26-22)30-10-7-27-5-8-29-9-6-27/h1-4,11-14,25-26H,5-10,24H2. The molecule has 0 unspecified atom stereocenters. The average Bonchev–Trinajstić information content (AvgIpc) is 3.37. The molecule has 154 valence electrons. The third-order valence-corrected chi connectivity index (χ3v) is 5.51. The van der Waals surface area contributed by atoms with E-state index in [0.29, 0.717) is 23.7 Å². The van der Waals surface area contributed by atoms with Crippen molar-refractivity contribution in [3.63, 3.8) is 0 Å². The van der Waals surface area contributed by atoms with E-state index in [-0.39, 0.29) is 5.78 Å². The molecule has 0 radical (unpaired) electrons. The first-order valence-corrected chi connectivity index (χ1v) is 10.1. The number of anilines is 1. The van der Waals surface area contributed by atoms with Gasteiger partial charge in [0, 0.05) is 47.1 Å². The number of aromatic nitrogens is 2. The summed E-state index contributed by atoms with van der Waals surface area (Å²) in [6.45, 7) is 4.98. The lowest BCUT2D eigenvalue weighted by atomic mass is 10.2. The van der Waals surface area contributed by atoms with Crippen molar-refractivity contribution in [3.05, 3.63) is 59.9 Å². The van der Waals surface area contributed by atoms with E-state index in [9.17, 15) is 4.79 Å². The van der Waals surface area contributed by atoms with E-state index in [0.717, 1.165) is 60.4 Å². The highest BCUT2D eigenvalue weighted by molar-refractivity contribution is 6.11. The van der Waals surface area contributed by atoms with E-state index in [1.165, 1.54) is 0 Å². The topological polar surface area (TPSA) is 96.4 Å². The molecular weight excluding hydrogens is 380 g/mol. The number of morpholine rings is 1. The van der Waals surface area contributed by atoms with Gasteiger partial charge in [0.05, 0.1) is 24.6 Å². The number of nitrogens with two attached hydrogens (primary N) is 1. The molecule has 3 heterocycles. The van der Waals surface area contributed by atoms with Crippen LogP contribution in [-0.4, -0.2) is 60.1 Å². The Hall–Kier alpha value is -3.29. The van der Waals surface area contributed by atoms with Crippen LogP contribution in [0.4, 0.5) is 5.69 Å². The first kappa shape index (κ1) is 18.7. The molecular formula is C23H24N4O3. The van der Waals surface area contributed by atoms with Crippen LogP contribution in [-0.2, 0) is 4.74 Å². The summed E-state index contributed by atoms with van der Waals surface area (Å²) in [6, 6.07) is 15.1. The summed E-state index contributed by atoms with van der Waals surface area (Å²) in [6.07, 6.45) is 0. The van der Waals surface area contributed by atoms with Gasteiger partial charge in [0.2, 0.25) is 5.78 Å². The summed E-state index contributed by atoms with van der Waals surface area (Å²) >= 11 is 0. The van der Waals surface area contributed by atoms with Crippen LogP contribution < -0.4 is 10.5 Å². The van der Waals surface area contributed by atoms with Gasteiger partial charge in [0.15, 0.2) is 0 Å². The first-order valence-electron chi connectivity index (χ1n) is 10.1. The number of ether oxygens (including phenoxy) is 2. The maximum absolute atomic E-state index is 13.0. The molecule has 0 amide bonds. The molecule has 1 aliphatic rings. The summed E-state index contributed by atoms with van der Waals surface area (Å²) in [5.41, 5.74) is 9.37. The number of carbonyl (C=O) groups excluding carboxylic acids is 1. The van der Waals surface area contributed by atoms with Gasteiger partial charge < -0.3 is 25.2 Å². The van der Waals surface area contributed by atoms with E-state index < -0.39 is 0 Å². The van der Waals surface area contributed by atoms with Gasteiger partial charge in [-0.25, -0.2) is 0 Å². The van der Waals surface area contributed by atoms with Gasteiger partial charge in [-0.15, -0.1) is 0 Å². The lowest BCUT2D eigenvalue weighted by molar-refractivity contribution is 0.0322. The fourth-order valence-electron chi connectivity index (χ4n) is 3.86. The SMILES string of the molecule is Nc1ccc2[nH]c(C(=O)c3cc4cc(OCCN5CCOCC5)ccc4[nH]3)cc2c1. The van der Waals surface area contributed by atoms with Gasteiger partial charge in [-0.3, -0.25) is 9.69 Å². The zero-order valence-electron chi connectivity index (χ0n) is 16.6. The van der Waals surface area contributed by atoms with Crippen molar-refractivity contribution >= 4 is 33.3 Å². The Morgan fingerprint density at radius 3 is 2.37 bits per heavy atom. The van der Waals surface area contributed by atoms with Crippen LogP contribution in [0.25, 0.3) is 21.8 Å². The van der Waals surface area contributed by atoms with E-state index in [2.05, 4.69) is 14.9 Å². The van der Waals surface area contributed by atoms with Crippen LogP contribution in [0.3, 0.4) is 0 Å². The van der Waals surface area contributed by atoms with Crippen molar-refractivity contribution in [3.8, 4) is 5.75 Å². The second-order valence-corrected chi connectivity index (χ2v) is 7.59. The van der Waals surface area contributed by atoms with Gasteiger partial charge in [-0.1, -0.05) is 0 Å². The molecule has 1 fully saturated rings. The fraction of sp³-hybridized carbons (Fsp3) is 0.261. The molecule has 2 aromatic carbocycles. The molecule has 0 aliphatic carbocycles. The summed E-state index contributed by atoms with van der Waals surface area (Å²) < 4.78 is 11.3. The minimum absolute atomic E-state index is 0.0873. The molecule has 0 saturated carbocycles. The molecule has 0 atom stereocenters. The quantitative estimate of drug-likeness (QED) is 0.339. The van der Waals surface area contributed by atoms with Gasteiger partial charge in [-0.2, -0.15) is 0 Å². The van der Waals surface area contributed by atoms with Gasteiger partial charge in [-0.05, 0) is 48.5 Å². The molecule has 4 N–H and O–H groups in total. The zero-order valence-corrected chi connectivity index (χ0v) is 16.6. The minimum atomic E-state index is -0.0873. The maximum Gasteiger partial charge on any atom is 0.225 e. The van der Waals surface area contributed by atoms with Crippen molar-refractivity contribution in [1.82, 2.24) is 14.9 Å². The number of nitrogen functional groups attached to an aromatic ring is 1. The normalized spacial score (nSPS) is 15.1. The number of carbonyl (C=O) groups is 1. The van der Waals surface area contributed by atoms with E-state index in [1.54, 1.807) is 0 Å². The Balaban J connectivity index is 1.30. The number of hydrogen-bond donors (Lipinski definition) is 3. The predicted octanol–water partition coefficient (Wildman–Crippen LogP) is 3.17. The molecule has 0 spiro atoms. The summed E-state index contributed by atoms with van der Waals surface area (Å²) in [7, 11) is 0. The Labute approximate surface area is 173 Å². The molecule has 7 nitrogen and oxygen atoms in total. The molecule has 4 aromatic rings. The Bertz CT molecular complexity index is 1200. The van der Waals surface area contributed by atoms with Crippen molar-refractivity contribution < 1.29 is 14.3 Å². The monoisotopic (exact) mass is 404 g/mol. The first-order chi connectivity index (χ1) is 14.7. The van der Waals surface area contributed by atoms with Gasteiger partial charge in [0.25, 0.3) is 0 Å². The molecule has 30 heavy (non-hydrogen) atoms. The summed E-state index contributed by atoms with van der Waals surface area (Å²) in [5, 5.41) is 1.87. The average molecular weight is 404 g/mol. The third-order valence-electron chi connectivity index (χ3n) is 5.51. The number of benzene rings is 2. The van der Waals surface area contributed by atoms with Crippen molar-refractivity contribution in [1.29, 1.82) is 0 Å². The van der Waals surface area contributed by atoms with Crippen LogP contribution in [0, 0.1) is 0 Å². The van der Waals surface area contributed by atoms with Crippen LogP contribution in [0.2, 0.25) is 0 Å². The predicted molar refractivity (Wildman–Crippen MR) is 117 cm³/mol. The number of ketones is 1. The highest BCUT2D eigenvalue weighted by Crippen LogP contribution is 2.24. The maximum atomic E-state index is 13.0. The smallest absolute Gasteiger partial charge is 0.225 e. The van der Waals surface area contributed by atoms with E-state index in [1.807, 2.05) is 48.5 Å². The molecule has 2 aromatic heterocycles. The second-order valence-electron chi connectivity index (χ2n) is 7.59. The number of rotatable bonds is 6. The Morgan fingerprint density at radius 1 is 0.967 bits per heavy atom. The van der Waals surface area contributed by atoms with E-state index >= 15 is 0 Å². The number of hydrogen-bond acceptors (Lipinski definition) is 5. The van der Waals surface area contributed by atoms with Crippen LogP contribution in [0.5, 0.6) is 5.75 Å². The van der Waals surface area contributed by atoms with Crippen molar-refractivity contribution in [2.75, 3.05) is 45.2 Å². The van der Waals surface area contributed by atoms with Crippen LogP contribution >= 0.6 is 0 Å². The fourth-order valence-corrected chi connectivity index (χ4v) is 3.86. The summed E-state index contributed by atoms with van der Waals surface area (Å²) in [4.78, 5) is 21.7. The highest BCUT2D eigenvalue weighted by Gasteiger charge is 2.15. The molecule has 1 aliphatic heterocycles. The lowest BCUT2D eigenvalue weighted by Gasteiger charge is -2.26. The Morgan fingerprint density at radius 2 is 1.63 bits per heavy atom. The van der Waals surface area contributed by atoms with Crippen LogP contribution in [0.15, 0.2) is 48.5 Å². The minimum Gasteiger partial charge on any atom is -0.492 e. The van der Waals surface area contributed by atoms with Gasteiger partial charge >= 0.3 is 0 Å². The Kier molecular flexibility index (Phi) is 4.90. The molecule has 0 bridgehead atoms. The lowest BCUT2D eigenvalue weighted by Crippen LogP contribution is -2.38. The third kappa shape index (κ3) is 3.77. The van der Waals surface area contributed by atoms with E-state index in [4.69, 9.17) is 15.2 Å². The number of H-pyrrole nitrogens is 2. The number of aromatic amines is 2. The zero-order chi connectivity index (χ0) is 20.5. The van der Waals surface area contributed by atoms with Crippen molar-refractivity contribution in [2.24, 2.45) is 0 Å². The van der Waals surface area contributed by atoms with Gasteiger partial charge in [0.1, 0.15) is 12.4 Å². The van der Waals surface area contributed by atoms with Crippen molar-refractivity contribution in [2.45, 2.75) is 0 Å². The summed E-state index contributed by atoms with van der Waals surface area (Å²) in [5.74, 6) is 0.714. The largest absolute Gasteiger partial charge is 0.492 e. The number of fused-ring (bicyclic) bond motifs is 2. The second kappa shape index (κ2) is 7.85. The molecule has 5 rings (SSSR count).